The minimum absolute atomic E-state index is 0.292. The maximum Gasteiger partial charge on any atom is 0.335 e. The van der Waals surface area contributed by atoms with Crippen molar-refractivity contribution in [2.75, 3.05) is 0 Å². The Balaban J connectivity index is 2.38. The second-order valence-electron chi connectivity index (χ2n) is 2.86. The molecule has 0 aliphatic carbocycles. The second kappa shape index (κ2) is 5.91. The molecule has 0 N–H and O–H groups in total. The fraction of sp³-hybridized carbons (Fsp3) is 0.273. The Morgan fingerprint density at radius 3 is 2.79 bits per heavy atom. The Morgan fingerprint density at radius 2 is 2.14 bits per heavy atom. The van der Waals surface area contributed by atoms with Gasteiger partial charge in [0.1, 0.15) is 0 Å². The van der Waals surface area contributed by atoms with Crippen molar-refractivity contribution in [3.63, 3.8) is 0 Å². The fourth-order valence-electron chi connectivity index (χ4n) is 0.935. The summed E-state index contributed by atoms with van der Waals surface area (Å²) in [5.74, 6) is -0.292. The molecule has 0 aliphatic heterocycles. The molecule has 0 aromatic heterocycles. The molecule has 0 bridgehead atoms. The van der Waals surface area contributed by atoms with Gasteiger partial charge in [-0.3, -0.25) is 0 Å². The van der Waals surface area contributed by atoms with Crippen molar-refractivity contribution in [2.24, 2.45) is 5.16 Å². The van der Waals surface area contributed by atoms with E-state index in [0.717, 1.165) is 12.0 Å². The smallest absolute Gasteiger partial charge is 0.318 e. The lowest BCUT2D eigenvalue weighted by Gasteiger charge is -1.94. The van der Waals surface area contributed by atoms with Crippen LogP contribution in [0.4, 0.5) is 0 Å². The fourth-order valence-corrected chi connectivity index (χ4v) is 0.935. The number of carbonyl (C=O) groups is 1. The summed E-state index contributed by atoms with van der Waals surface area (Å²) in [5.41, 5.74) is 0.914. The van der Waals surface area contributed by atoms with Gasteiger partial charge in [0.2, 0.25) is 0 Å². The molecule has 3 heteroatoms. The van der Waals surface area contributed by atoms with Crippen LogP contribution in [0.25, 0.3) is 0 Å². The highest BCUT2D eigenvalue weighted by molar-refractivity contribution is 5.79. The third-order valence-corrected chi connectivity index (χ3v) is 1.61. The second-order valence-corrected chi connectivity index (χ2v) is 2.86. The van der Waals surface area contributed by atoms with Crippen LogP contribution in [-0.4, -0.2) is 12.2 Å². The van der Waals surface area contributed by atoms with Gasteiger partial charge in [0, 0.05) is 6.42 Å². The number of benzene rings is 1. The third kappa shape index (κ3) is 3.85. The molecule has 0 fully saturated rings. The summed E-state index contributed by atoms with van der Waals surface area (Å²) >= 11 is 0. The number of rotatable bonds is 4. The lowest BCUT2D eigenvalue weighted by molar-refractivity contribution is -0.143. The molecular weight excluding hydrogens is 178 g/mol. The van der Waals surface area contributed by atoms with Crippen LogP contribution >= 0.6 is 0 Å². The maximum atomic E-state index is 10.9. The van der Waals surface area contributed by atoms with Crippen LogP contribution < -0.4 is 0 Å². The molecule has 0 saturated heterocycles. The van der Waals surface area contributed by atoms with Crippen molar-refractivity contribution in [3.8, 4) is 0 Å². The molecule has 74 valence electrons. The van der Waals surface area contributed by atoms with Gasteiger partial charge in [0.25, 0.3) is 0 Å². The molecule has 0 atom stereocenters. The van der Waals surface area contributed by atoms with Gasteiger partial charge < -0.3 is 4.84 Å². The van der Waals surface area contributed by atoms with Gasteiger partial charge in [0.05, 0.1) is 6.21 Å². The SMILES string of the molecule is CCCC(=O)O/N=C/c1ccccc1. The summed E-state index contributed by atoms with van der Waals surface area (Å²) in [5, 5.41) is 3.59. The van der Waals surface area contributed by atoms with Crippen LogP contribution in [0, 0.1) is 0 Å². The van der Waals surface area contributed by atoms with Gasteiger partial charge in [-0.1, -0.05) is 42.4 Å². The summed E-state index contributed by atoms with van der Waals surface area (Å²) in [6.45, 7) is 1.92. The lowest BCUT2D eigenvalue weighted by atomic mass is 10.2. The quantitative estimate of drug-likeness (QED) is 0.416. The van der Waals surface area contributed by atoms with E-state index in [9.17, 15) is 4.79 Å². The van der Waals surface area contributed by atoms with E-state index in [1.807, 2.05) is 37.3 Å². The van der Waals surface area contributed by atoms with Gasteiger partial charge in [-0.15, -0.1) is 0 Å². The number of nitrogens with zero attached hydrogens (tertiary/aromatic N) is 1. The Hall–Kier alpha value is -1.64. The first-order valence-corrected chi connectivity index (χ1v) is 4.61. The molecule has 0 aliphatic rings. The molecule has 0 spiro atoms. The molecule has 1 aromatic rings. The molecule has 0 radical (unpaired) electrons. The van der Waals surface area contributed by atoms with Crippen LogP contribution in [0.15, 0.2) is 35.5 Å². The van der Waals surface area contributed by atoms with Gasteiger partial charge in [0.15, 0.2) is 0 Å². The van der Waals surface area contributed by atoms with Crippen molar-refractivity contribution in [1.82, 2.24) is 0 Å². The highest BCUT2D eigenvalue weighted by Gasteiger charge is 1.97. The van der Waals surface area contributed by atoms with Crippen LogP contribution in [0.2, 0.25) is 0 Å². The number of hydrogen-bond acceptors (Lipinski definition) is 3. The summed E-state index contributed by atoms with van der Waals surface area (Å²) in [6.07, 6.45) is 2.71. The van der Waals surface area contributed by atoms with E-state index in [0.29, 0.717) is 6.42 Å². The Kier molecular flexibility index (Phi) is 4.41. The minimum Gasteiger partial charge on any atom is -0.318 e. The summed E-state index contributed by atoms with van der Waals surface area (Å²) in [6, 6.07) is 9.49. The van der Waals surface area contributed by atoms with Gasteiger partial charge in [-0.25, -0.2) is 4.79 Å². The molecule has 0 unspecified atom stereocenters. The molecular formula is C11H13NO2. The minimum atomic E-state index is -0.292. The van der Waals surface area contributed by atoms with Crippen molar-refractivity contribution in [1.29, 1.82) is 0 Å². The first-order valence-electron chi connectivity index (χ1n) is 4.61. The summed E-state index contributed by atoms with van der Waals surface area (Å²) in [7, 11) is 0. The summed E-state index contributed by atoms with van der Waals surface area (Å²) in [4.78, 5) is 15.5. The summed E-state index contributed by atoms with van der Waals surface area (Å²) < 4.78 is 0. The van der Waals surface area contributed by atoms with Crippen LogP contribution in [0.1, 0.15) is 25.3 Å². The van der Waals surface area contributed by atoms with E-state index < -0.39 is 0 Å². The zero-order chi connectivity index (χ0) is 10.2. The normalized spacial score (nSPS) is 10.4. The van der Waals surface area contributed by atoms with E-state index in [1.54, 1.807) is 0 Å². The number of hydrogen-bond donors (Lipinski definition) is 0. The zero-order valence-electron chi connectivity index (χ0n) is 8.14. The third-order valence-electron chi connectivity index (χ3n) is 1.61. The van der Waals surface area contributed by atoms with E-state index in [-0.39, 0.29) is 5.97 Å². The Morgan fingerprint density at radius 1 is 1.43 bits per heavy atom. The highest BCUT2D eigenvalue weighted by atomic mass is 16.7. The molecule has 1 aromatic carbocycles. The molecule has 1 rings (SSSR count). The number of oxime groups is 1. The maximum absolute atomic E-state index is 10.9. The van der Waals surface area contributed by atoms with E-state index in [2.05, 4.69) is 9.99 Å². The predicted molar refractivity (Wildman–Crippen MR) is 55.0 cm³/mol. The van der Waals surface area contributed by atoms with E-state index >= 15 is 0 Å². The van der Waals surface area contributed by atoms with Crippen molar-refractivity contribution >= 4 is 12.2 Å². The molecule has 0 heterocycles. The highest BCUT2D eigenvalue weighted by Crippen LogP contribution is 1.95. The predicted octanol–water partition coefficient (Wildman–Crippen LogP) is 2.36. The zero-order valence-corrected chi connectivity index (χ0v) is 8.14. The van der Waals surface area contributed by atoms with Crippen LogP contribution in [-0.2, 0) is 9.63 Å². The average Bonchev–Trinajstić information content (AvgIpc) is 2.20. The van der Waals surface area contributed by atoms with E-state index in [1.165, 1.54) is 6.21 Å². The van der Waals surface area contributed by atoms with Gasteiger partial charge >= 0.3 is 5.97 Å². The van der Waals surface area contributed by atoms with Crippen molar-refractivity contribution < 1.29 is 9.63 Å². The average molecular weight is 191 g/mol. The van der Waals surface area contributed by atoms with Gasteiger partial charge in [-0.2, -0.15) is 0 Å². The Bertz CT molecular complexity index is 306. The molecule has 0 amide bonds. The number of carbonyl (C=O) groups excluding carboxylic acids is 1. The van der Waals surface area contributed by atoms with Crippen LogP contribution in [0.3, 0.4) is 0 Å². The van der Waals surface area contributed by atoms with E-state index in [4.69, 9.17) is 0 Å². The largest absolute Gasteiger partial charge is 0.335 e. The lowest BCUT2D eigenvalue weighted by Crippen LogP contribution is -1.98. The first kappa shape index (κ1) is 10.4. The monoisotopic (exact) mass is 191 g/mol. The molecule has 3 nitrogen and oxygen atoms in total. The van der Waals surface area contributed by atoms with Gasteiger partial charge in [-0.05, 0) is 12.0 Å². The molecule has 14 heavy (non-hydrogen) atoms. The molecule has 0 saturated carbocycles. The van der Waals surface area contributed by atoms with Crippen LogP contribution in [0.5, 0.6) is 0 Å². The first-order chi connectivity index (χ1) is 6.83. The Labute approximate surface area is 83.4 Å². The topological polar surface area (TPSA) is 38.7 Å². The standard InChI is InChI=1S/C11H13NO2/c1-2-6-11(13)14-12-9-10-7-4-3-5-8-10/h3-5,7-9H,2,6H2,1H3/b12-9+. The van der Waals surface area contributed by atoms with Crippen molar-refractivity contribution in [2.45, 2.75) is 19.8 Å². The van der Waals surface area contributed by atoms with Crippen molar-refractivity contribution in [3.05, 3.63) is 35.9 Å².